The Labute approximate surface area is 73.1 Å². The molecule has 10 heavy (non-hydrogen) atoms. The largest absolute Gasteiger partial charge is 1.00 e. The summed E-state index contributed by atoms with van der Waals surface area (Å²) in [5.41, 5.74) is 0. The number of hydrogen-bond acceptors (Lipinski definition) is 3. The maximum Gasteiger partial charge on any atom is 1.00 e. The Morgan fingerprint density at radius 2 is 2.40 bits per heavy atom. The molecule has 0 spiro atoms. The second kappa shape index (κ2) is 3.94. The van der Waals surface area contributed by atoms with Gasteiger partial charge in [0.05, 0.1) is 6.33 Å². The molecule has 1 aromatic rings. The van der Waals surface area contributed by atoms with Gasteiger partial charge in [-0.05, 0) is 11.1 Å². The third-order valence-electron chi connectivity index (χ3n) is 0.852. The van der Waals surface area contributed by atoms with Crippen LogP contribution in [0.5, 0.6) is 0 Å². The van der Waals surface area contributed by atoms with Gasteiger partial charge in [0.25, 0.3) is 0 Å². The Morgan fingerprint density at radius 1 is 1.80 bits per heavy atom. The smallest absolute Gasteiger partial charge is 0.767 e. The minimum atomic E-state index is -2.19. The van der Waals surface area contributed by atoms with Gasteiger partial charge in [0, 0.05) is 13.2 Å². The van der Waals surface area contributed by atoms with E-state index in [2.05, 4.69) is 4.98 Å². The fraction of sp³-hybridized carbons (Fsp3) is 0.250. The average molecular weight is 152 g/mol. The van der Waals surface area contributed by atoms with E-state index in [1.165, 1.54) is 12.5 Å². The molecule has 0 radical (unpaired) electrons. The van der Waals surface area contributed by atoms with Crippen molar-refractivity contribution in [2.75, 3.05) is 0 Å². The van der Waals surface area contributed by atoms with Crippen molar-refractivity contribution < 1.29 is 27.6 Å². The summed E-state index contributed by atoms with van der Waals surface area (Å²) < 4.78 is 21.9. The predicted molar refractivity (Wildman–Crippen MR) is 30.4 cm³/mol. The van der Waals surface area contributed by atoms with Crippen molar-refractivity contribution in [2.45, 2.75) is 5.03 Å². The zero-order chi connectivity index (χ0) is 6.85. The van der Waals surface area contributed by atoms with Gasteiger partial charge in [0.2, 0.25) is 0 Å². The zero-order valence-electron chi connectivity index (χ0n) is 5.77. The van der Waals surface area contributed by atoms with Crippen LogP contribution in [0, 0.1) is 0 Å². The molecular formula is C4H5LiN2O2S. The molecule has 0 bridgehead atoms. The molecule has 0 aliphatic heterocycles. The van der Waals surface area contributed by atoms with Crippen molar-refractivity contribution in [1.82, 2.24) is 9.55 Å². The summed E-state index contributed by atoms with van der Waals surface area (Å²) in [6.07, 6.45) is 2.87. The van der Waals surface area contributed by atoms with Crippen molar-refractivity contribution in [1.29, 1.82) is 0 Å². The van der Waals surface area contributed by atoms with Gasteiger partial charge in [-0.25, -0.2) is 4.98 Å². The van der Waals surface area contributed by atoms with E-state index >= 15 is 0 Å². The number of nitrogens with zero attached hydrogens (tertiary/aromatic N) is 2. The molecule has 6 heteroatoms. The molecule has 0 saturated heterocycles. The van der Waals surface area contributed by atoms with E-state index in [0.717, 1.165) is 0 Å². The number of imidazole rings is 1. The van der Waals surface area contributed by atoms with Gasteiger partial charge in [-0.1, -0.05) is 0 Å². The summed E-state index contributed by atoms with van der Waals surface area (Å²) in [5, 5.41) is 0.0810. The molecule has 0 aliphatic rings. The summed E-state index contributed by atoms with van der Waals surface area (Å²) in [4.78, 5) is 3.57. The summed E-state index contributed by atoms with van der Waals surface area (Å²) in [6, 6.07) is 0. The fourth-order valence-electron chi connectivity index (χ4n) is 0.475. The normalized spacial score (nSPS) is 12.2. The molecule has 1 rings (SSSR count). The van der Waals surface area contributed by atoms with Crippen LogP contribution in [-0.2, 0) is 18.1 Å². The molecule has 0 amide bonds. The molecule has 0 fully saturated rings. The monoisotopic (exact) mass is 152 g/mol. The Balaban J connectivity index is 0.000000810. The van der Waals surface area contributed by atoms with Gasteiger partial charge in [0.1, 0.15) is 5.03 Å². The van der Waals surface area contributed by atoms with Crippen LogP contribution in [-0.4, -0.2) is 18.3 Å². The van der Waals surface area contributed by atoms with Crippen LogP contribution >= 0.6 is 0 Å². The van der Waals surface area contributed by atoms with Gasteiger partial charge >= 0.3 is 18.9 Å². The summed E-state index contributed by atoms with van der Waals surface area (Å²) in [5.74, 6) is 0. The second-order valence-electron chi connectivity index (χ2n) is 1.61. The van der Waals surface area contributed by atoms with Gasteiger partial charge in [0.15, 0.2) is 0 Å². The Hall–Kier alpha value is -0.0826. The van der Waals surface area contributed by atoms with Crippen molar-refractivity contribution in [3.8, 4) is 0 Å². The Morgan fingerprint density at radius 3 is 2.60 bits per heavy atom. The topological polar surface area (TPSA) is 58.0 Å². The van der Waals surface area contributed by atoms with Crippen LogP contribution in [0.25, 0.3) is 0 Å². The molecule has 0 aromatic carbocycles. The first-order chi connectivity index (χ1) is 4.20. The van der Waals surface area contributed by atoms with Crippen LogP contribution in [0.2, 0.25) is 0 Å². The molecule has 0 saturated carbocycles. The third kappa shape index (κ3) is 2.27. The summed E-state index contributed by atoms with van der Waals surface area (Å²) in [7, 11) is 1.71. The standard InChI is InChI=1S/C4H6N2O2S.Li/c1-6-2-4(5-3-6)9(7)8;/h2-3H,1H3,(H,7,8);/q;+1/p-1. The average Bonchev–Trinajstić information content (AvgIpc) is 2.14. The summed E-state index contributed by atoms with van der Waals surface area (Å²) in [6.45, 7) is 0. The van der Waals surface area contributed by atoms with Gasteiger partial charge in [-0.2, -0.15) is 0 Å². The molecule has 0 aliphatic carbocycles. The maximum absolute atomic E-state index is 10.1. The van der Waals surface area contributed by atoms with E-state index in [-0.39, 0.29) is 23.9 Å². The molecule has 0 N–H and O–H groups in total. The van der Waals surface area contributed by atoms with Crippen LogP contribution in [0.4, 0.5) is 0 Å². The minimum absolute atomic E-state index is 0. The van der Waals surface area contributed by atoms with Gasteiger partial charge in [-0.3, -0.25) is 4.21 Å². The molecule has 1 aromatic heterocycles. The van der Waals surface area contributed by atoms with E-state index in [0.29, 0.717) is 0 Å². The quantitative estimate of drug-likeness (QED) is 0.312. The van der Waals surface area contributed by atoms with E-state index in [1.54, 1.807) is 11.6 Å². The van der Waals surface area contributed by atoms with Crippen LogP contribution in [0.3, 0.4) is 0 Å². The van der Waals surface area contributed by atoms with E-state index < -0.39 is 11.1 Å². The SMILES string of the molecule is Cn1cnc(S(=O)[O-])c1.[Li+]. The number of hydrogen-bond donors (Lipinski definition) is 0. The van der Waals surface area contributed by atoms with Crippen molar-refractivity contribution >= 4 is 11.1 Å². The first-order valence-electron chi connectivity index (χ1n) is 2.27. The summed E-state index contributed by atoms with van der Waals surface area (Å²) >= 11 is -2.19. The third-order valence-corrected chi connectivity index (χ3v) is 1.40. The zero-order valence-corrected chi connectivity index (χ0v) is 6.59. The van der Waals surface area contributed by atoms with E-state index in [9.17, 15) is 8.76 Å². The Kier molecular flexibility index (Phi) is 3.90. The van der Waals surface area contributed by atoms with Crippen LogP contribution < -0.4 is 18.9 Å². The van der Waals surface area contributed by atoms with Crippen molar-refractivity contribution in [3.63, 3.8) is 0 Å². The first-order valence-corrected chi connectivity index (χ1v) is 3.35. The Bertz CT molecular complexity index is 237. The second-order valence-corrected chi connectivity index (χ2v) is 2.50. The molecule has 1 atom stereocenters. The predicted octanol–water partition coefficient (Wildman–Crippen LogP) is -3.34. The molecule has 4 nitrogen and oxygen atoms in total. The van der Waals surface area contributed by atoms with Gasteiger partial charge in [-0.15, -0.1) is 0 Å². The first kappa shape index (κ1) is 9.92. The minimum Gasteiger partial charge on any atom is -0.767 e. The number of rotatable bonds is 1. The molecular weight excluding hydrogens is 147 g/mol. The van der Waals surface area contributed by atoms with E-state index in [4.69, 9.17) is 0 Å². The van der Waals surface area contributed by atoms with Crippen LogP contribution in [0.1, 0.15) is 0 Å². The maximum atomic E-state index is 10.1. The van der Waals surface area contributed by atoms with Crippen molar-refractivity contribution in [2.24, 2.45) is 7.05 Å². The van der Waals surface area contributed by atoms with E-state index in [1.807, 2.05) is 0 Å². The van der Waals surface area contributed by atoms with Gasteiger partial charge < -0.3 is 9.12 Å². The molecule has 1 unspecified atom stereocenters. The fourth-order valence-corrected chi connectivity index (χ4v) is 0.860. The molecule has 1 heterocycles. The van der Waals surface area contributed by atoms with Crippen LogP contribution in [0.15, 0.2) is 17.6 Å². The molecule has 50 valence electrons. The number of aryl methyl sites for hydroxylation is 1. The van der Waals surface area contributed by atoms with Crippen molar-refractivity contribution in [3.05, 3.63) is 12.5 Å². The number of aromatic nitrogens is 2.